The fourth-order valence-corrected chi connectivity index (χ4v) is 1.65. The van der Waals surface area contributed by atoms with Crippen LogP contribution in [0.15, 0.2) is 22.7 Å². The van der Waals surface area contributed by atoms with Crippen molar-refractivity contribution < 1.29 is 24.2 Å². The van der Waals surface area contributed by atoms with E-state index in [0.717, 1.165) is 6.07 Å². The second-order valence-corrected chi connectivity index (χ2v) is 4.64. The number of amides is 2. The Bertz CT molecular complexity index is 496. The topological polar surface area (TPSA) is 98.7 Å². The maximum absolute atomic E-state index is 13.0. The Morgan fingerprint density at radius 2 is 2.05 bits per heavy atom. The molecule has 0 aliphatic heterocycles. The average Bonchev–Trinajstić information content (AvgIpc) is 2.30. The summed E-state index contributed by atoms with van der Waals surface area (Å²) in [4.78, 5) is 22.3. The Balaban J connectivity index is 2.69. The van der Waals surface area contributed by atoms with Gasteiger partial charge in [0.2, 0.25) is 0 Å². The third-order valence-electron chi connectivity index (χ3n) is 2.21. The summed E-state index contributed by atoms with van der Waals surface area (Å²) >= 11 is 2.95. The lowest BCUT2D eigenvalue weighted by molar-refractivity contribution is -0.141. The van der Waals surface area contributed by atoms with Crippen molar-refractivity contribution in [2.45, 2.75) is 19.1 Å². The highest BCUT2D eigenvalue weighted by molar-refractivity contribution is 9.10. The van der Waals surface area contributed by atoms with Gasteiger partial charge in [0.05, 0.1) is 10.6 Å². The molecule has 0 radical (unpaired) electrons. The Hall–Kier alpha value is -1.67. The SMILES string of the molecule is C[C@@H](O)[C@H](NC(=O)Nc1ccc(F)c(Br)c1)C(=O)O. The molecule has 0 unspecified atom stereocenters. The van der Waals surface area contributed by atoms with Crippen LogP contribution >= 0.6 is 15.9 Å². The van der Waals surface area contributed by atoms with Gasteiger partial charge in [-0.3, -0.25) is 0 Å². The number of halogens is 2. The summed E-state index contributed by atoms with van der Waals surface area (Å²) < 4.78 is 13.1. The highest BCUT2D eigenvalue weighted by Crippen LogP contribution is 2.19. The quantitative estimate of drug-likeness (QED) is 0.671. The van der Waals surface area contributed by atoms with E-state index in [9.17, 15) is 19.1 Å². The molecule has 0 aromatic heterocycles. The largest absolute Gasteiger partial charge is 0.480 e. The molecule has 19 heavy (non-hydrogen) atoms. The molecule has 1 rings (SSSR count). The minimum atomic E-state index is -1.43. The number of benzene rings is 1. The molecule has 0 bridgehead atoms. The van der Waals surface area contributed by atoms with Crippen LogP contribution < -0.4 is 10.6 Å². The van der Waals surface area contributed by atoms with Crippen molar-refractivity contribution in [1.29, 1.82) is 0 Å². The fraction of sp³-hybridized carbons (Fsp3) is 0.273. The van der Waals surface area contributed by atoms with Crippen LogP contribution in [0.2, 0.25) is 0 Å². The van der Waals surface area contributed by atoms with E-state index in [1.165, 1.54) is 19.1 Å². The predicted molar refractivity (Wildman–Crippen MR) is 69.4 cm³/mol. The maximum atomic E-state index is 13.0. The van der Waals surface area contributed by atoms with E-state index in [1.54, 1.807) is 0 Å². The van der Waals surface area contributed by atoms with E-state index >= 15 is 0 Å². The Morgan fingerprint density at radius 1 is 1.42 bits per heavy atom. The molecule has 2 amide bonds. The molecule has 2 atom stereocenters. The Kier molecular flexibility index (Phi) is 5.25. The van der Waals surface area contributed by atoms with Crippen LogP contribution in [-0.2, 0) is 4.79 Å². The summed E-state index contributed by atoms with van der Waals surface area (Å²) in [6.45, 7) is 1.24. The maximum Gasteiger partial charge on any atom is 0.328 e. The lowest BCUT2D eigenvalue weighted by atomic mass is 10.2. The summed E-state index contributed by atoms with van der Waals surface area (Å²) in [5, 5.41) is 22.4. The molecule has 1 aromatic carbocycles. The first-order valence-corrected chi connectivity index (χ1v) is 6.04. The van der Waals surface area contributed by atoms with Gasteiger partial charge in [-0.25, -0.2) is 14.0 Å². The number of aliphatic carboxylic acids is 1. The number of aliphatic hydroxyl groups excluding tert-OH is 1. The zero-order valence-electron chi connectivity index (χ0n) is 9.85. The van der Waals surface area contributed by atoms with Crippen LogP contribution in [0.3, 0.4) is 0 Å². The molecule has 6 nitrogen and oxygen atoms in total. The molecule has 0 fully saturated rings. The predicted octanol–water partition coefficient (Wildman–Crippen LogP) is 1.54. The number of urea groups is 1. The molecule has 0 heterocycles. The third-order valence-corrected chi connectivity index (χ3v) is 2.82. The van der Waals surface area contributed by atoms with Crippen LogP contribution in [0.5, 0.6) is 0 Å². The lowest BCUT2D eigenvalue weighted by Crippen LogP contribution is -2.49. The summed E-state index contributed by atoms with van der Waals surface area (Å²) in [5.74, 6) is -1.84. The van der Waals surface area contributed by atoms with Gasteiger partial charge in [-0.2, -0.15) is 0 Å². The van der Waals surface area contributed by atoms with Gasteiger partial charge in [0, 0.05) is 5.69 Å². The third kappa shape index (κ3) is 4.49. The van der Waals surface area contributed by atoms with Crippen LogP contribution in [0.4, 0.5) is 14.9 Å². The van der Waals surface area contributed by atoms with Crippen molar-refractivity contribution in [1.82, 2.24) is 5.32 Å². The summed E-state index contributed by atoms with van der Waals surface area (Å²) in [6.07, 6.45) is -1.25. The number of hydrogen-bond donors (Lipinski definition) is 4. The van der Waals surface area contributed by atoms with Crippen molar-refractivity contribution in [3.8, 4) is 0 Å². The lowest BCUT2D eigenvalue weighted by Gasteiger charge is -2.17. The number of hydrogen-bond acceptors (Lipinski definition) is 3. The second-order valence-electron chi connectivity index (χ2n) is 3.78. The van der Waals surface area contributed by atoms with Crippen LogP contribution in [-0.4, -0.2) is 34.4 Å². The molecule has 0 saturated heterocycles. The van der Waals surface area contributed by atoms with E-state index < -0.39 is 30.0 Å². The molecule has 0 spiro atoms. The smallest absolute Gasteiger partial charge is 0.328 e. The van der Waals surface area contributed by atoms with Crippen LogP contribution in [0.25, 0.3) is 0 Å². The van der Waals surface area contributed by atoms with Gasteiger partial charge in [-0.15, -0.1) is 0 Å². The molecule has 104 valence electrons. The highest BCUT2D eigenvalue weighted by Gasteiger charge is 2.24. The van der Waals surface area contributed by atoms with Gasteiger partial charge in [-0.1, -0.05) is 0 Å². The molecule has 8 heteroatoms. The monoisotopic (exact) mass is 334 g/mol. The van der Waals surface area contributed by atoms with Crippen molar-refractivity contribution in [3.05, 3.63) is 28.5 Å². The van der Waals surface area contributed by atoms with Gasteiger partial charge in [0.1, 0.15) is 5.82 Å². The van der Waals surface area contributed by atoms with Crippen molar-refractivity contribution in [2.24, 2.45) is 0 Å². The summed E-state index contributed by atoms with van der Waals surface area (Å²) in [7, 11) is 0. The molecule has 1 aromatic rings. The highest BCUT2D eigenvalue weighted by atomic mass is 79.9. The average molecular weight is 335 g/mol. The number of carboxylic acids is 1. The molecule has 0 aliphatic carbocycles. The number of nitrogens with one attached hydrogen (secondary N) is 2. The molecule has 0 aliphatic rings. The van der Waals surface area contributed by atoms with Gasteiger partial charge < -0.3 is 20.8 Å². The normalized spacial score (nSPS) is 13.5. The Labute approximate surface area is 116 Å². The molecular weight excluding hydrogens is 323 g/mol. The van der Waals surface area contributed by atoms with Crippen molar-refractivity contribution in [3.63, 3.8) is 0 Å². The summed E-state index contributed by atoms with van der Waals surface area (Å²) in [6, 6.07) is 1.55. The first kappa shape index (κ1) is 15.4. The van der Waals surface area contributed by atoms with E-state index in [1.807, 2.05) is 0 Å². The van der Waals surface area contributed by atoms with Gasteiger partial charge in [0.25, 0.3) is 0 Å². The van der Waals surface area contributed by atoms with Gasteiger partial charge in [-0.05, 0) is 41.1 Å². The zero-order chi connectivity index (χ0) is 14.6. The standard InChI is InChI=1S/C11H12BrFN2O4/c1-5(16)9(10(17)18)15-11(19)14-6-2-3-8(13)7(12)4-6/h2-5,9,16H,1H3,(H,17,18)(H2,14,15,19)/t5-,9+/m1/s1. The van der Waals surface area contributed by atoms with E-state index in [4.69, 9.17) is 5.11 Å². The number of anilines is 1. The number of carboxylic acid groups (broad SMARTS) is 1. The van der Waals surface area contributed by atoms with E-state index in [2.05, 4.69) is 26.6 Å². The Morgan fingerprint density at radius 3 is 2.53 bits per heavy atom. The molecular formula is C11H12BrFN2O4. The fourth-order valence-electron chi connectivity index (χ4n) is 1.27. The number of carbonyl (C=O) groups excluding carboxylic acids is 1. The van der Waals surface area contributed by atoms with E-state index in [-0.39, 0.29) is 10.2 Å². The molecule has 4 N–H and O–H groups in total. The number of carbonyl (C=O) groups is 2. The minimum Gasteiger partial charge on any atom is -0.480 e. The first-order valence-electron chi connectivity index (χ1n) is 5.24. The second kappa shape index (κ2) is 6.48. The number of aliphatic hydroxyl groups is 1. The number of rotatable bonds is 4. The molecule has 0 saturated carbocycles. The van der Waals surface area contributed by atoms with Crippen molar-refractivity contribution in [2.75, 3.05) is 5.32 Å². The summed E-state index contributed by atoms with van der Waals surface area (Å²) in [5.41, 5.74) is 0.278. The van der Waals surface area contributed by atoms with E-state index in [0.29, 0.717) is 0 Å². The van der Waals surface area contributed by atoms with Crippen LogP contribution in [0.1, 0.15) is 6.92 Å². The van der Waals surface area contributed by atoms with Gasteiger partial charge >= 0.3 is 12.0 Å². The van der Waals surface area contributed by atoms with Crippen LogP contribution in [0, 0.1) is 5.82 Å². The first-order chi connectivity index (χ1) is 8.81. The van der Waals surface area contributed by atoms with Crippen molar-refractivity contribution >= 4 is 33.6 Å². The zero-order valence-corrected chi connectivity index (χ0v) is 11.4. The minimum absolute atomic E-state index is 0.163. The van der Waals surface area contributed by atoms with Gasteiger partial charge in [0.15, 0.2) is 6.04 Å².